The molecule has 0 spiro atoms. The van der Waals surface area contributed by atoms with E-state index in [0.717, 1.165) is 32.1 Å². The molecule has 1 saturated heterocycles. The van der Waals surface area contributed by atoms with Gasteiger partial charge in [0.2, 0.25) is 5.91 Å². The van der Waals surface area contributed by atoms with Gasteiger partial charge in [-0.3, -0.25) is 14.4 Å². The van der Waals surface area contributed by atoms with Gasteiger partial charge in [-0.15, -0.1) is 0 Å². The van der Waals surface area contributed by atoms with Crippen molar-refractivity contribution < 1.29 is 24.2 Å². The van der Waals surface area contributed by atoms with Gasteiger partial charge in [-0.2, -0.15) is 0 Å². The van der Waals surface area contributed by atoms with Crippen molar-refractivity contribution in [1.29, 1.82) is 0 Å². The quantitative estimate of drug-likeness (QED) is 0.776. The molecule has 1 unspecified atom stereocenters. The lowest BCUT2D eigenvalue weighted by atomic mass is 9.71. The van der Waals surface area contributed by atoms with Crippen molar-refractivity contribution in [2.45, 2.75) is 44.9 Å². The van der Waals surface area contributed by atoms with Crippen LogP contribution in [-0.4, -0.2) is 48.1 Å². The first-order valence-electron chi connectivity index (χ1n) is 7.53. The second-order valence-corrected chi connectivity index (χ2v) is 6.33. The molecule has 1 heterocycles. The summed E-state index contributed by atoms with van der Waals surface area (Å²) in [5.74, 6) is -1.65. The number of carbonyl (C=O) groups excluding carboxylic acids is 2. The average Bonchev–Trinajstić information content (AvgIpc) is 2.79. The number of carbonyl (C=O) groups is 3. The summed E-state index contributed by atoms with van der Waals surface area (Å²) >= 11 is 0. The van der Waals surface area contributed by atoms with Crippen molar-refractivity contribution in [2.75, 3.05) is 20.2 Å². The number of likely N-dealkylation sites (tertiary alicyclic amines) is 1. The Morgan fingerprint density at radius 1 is 1.33 bits per heavy atom. The molecule has 1 aliphatic carbocycles. The number of hydrogen-bond acceptors (Lipinski definition) is 4. The lowest BCUT2D eigenvalue weighted by Gasteiger charge is -2.39. The third-order valence-corrected chi connectivity index (χ3v) is 4.72. The predicted molar refractivity (Wildman–Crippen MR) is 74.5 cm³/mol. The minimum atomic E-state index is -0.812. The van der Waals surface area contributed by atoms with Crippen LogP contribution in [0.4, 0.5) is 0 Å². The number of hydrogen-bond donors (Lipinski definition) is 1. The Labute approximate surface area is 124 Å². The Morgan fingerprint density at radius 3 is 2.57 bits per heavy atom. The van der Waals surface area contributed by atoms with Crippen LogP contribution in [0, 0.1) is 11.3 Å². The Hall–Kier alpha value is -1.59. The summed E-state index contributed by atoms with van der Waals surface area (Å²) in [6.07, 6.45) is 5.10. The standard InChI is InChI=1S/C15H23NO5/c1-21-14(20)11-7-12(17)16(9-11)10-15(8-13(18)19)5-3-2-4-6-15/h11H,2-10H2,1H3,(H,18,19). The smallest absolute Gasteiger partial charge is 0.310 e. The molecule has 1 amide bonds. The molecule has 0 aromatic rings. The number of methoxy groups -OCH3 is 1. The van der Waals surface area contributed by atoms with Crippen molar-refractivity contribution in [3.8, 4) is 0 Å². The molecule has 0 bridgehead atoms. The van der Waals surface area contributed by atoms with Crippen molar-refractivity contribution in [1.82, 2.24) is 4.90 Å². The molecule has 1 N–H and O–H groups in total. The van der Waals surface area contributed by atoms with Gasteiger partial charge in [0, 0.05) is 19.5 Å². The fourth-order valence-electron chi connectivity index (χ4n) is 3.67. The minimum Gasteiger partial charge on any atom is -0.481 e. The largest absolute Gasteiger partial charge is 0.481 e. The van der Waals surface area contributed by atoms with Crippen LogP contribution in [-0.2, 0) is 19.1 Å². The van der Waals surface area contributed by atoms with Crippen LogP contribution in [0.3, 0.4) is 0 Å². The third-order valence-electron chi connectivity index (χ3n) is 4.72. The molecule has 0 aromatic carbocycles. The fraction of sp³-hybridized carbons (Fsp3) is 0.800. The average molecular weight is 297 g/mol. The number of ether oxygens (including phenoxy) is 1. The van der Waals surface area contributed by atoms with E-state index in [4.69, 9.17) is 4.74 Å². The number of esters is 1. The van der Waals surface area contributed by atoms with E-state index in [1.165, 1.54) is 7.11 Å². The monoisotopic (exact) mass is 297 g/mol. The highest BCUT2D eigenvalue weighted by atomic mass is 16.5. The maximum absolute atomic E-state index is 12.1. The van der Waals surface area contributed by atoms with E-state index in [2.05, 4.69) is 0 Å². The summed E-state index contributed by atoms with van der Waals surface area (Å²) in [5.41, 5.74) is -0.329. The predicted octanol–water partition coefficient (Wildman–Crippen LogP) is 1.43. The SMILES string of the molecule is COC(=O)C1CC(=O)N(CC2(CC(=O)O)CCCCC2)C1. The van der Waals surface area contributed by atoms with Crippen LogP contribution in [0.2, 0.25) is 0 Å². The number of carboxylic acids is 1. The molecule has 2 aliphatic rings. The molecule has 1 saturated carbocycles. The van der Waals surface area contributed by atoms with Crippen LogP contribution >= 0.6 is 0 Å². The molecule has 21 heavy (non-hydrogen) atoms. The molecule has 1 aliphatic heterocycles. The van der Waals surface area contributed by atoms with Crippen molar-refractivity contribution in [3.05, 3.63) is 0 Å². The fourth-order valence-corrected chi connectivity index (χ4v) is 3.67. The summed E-state index contributed by atoms with van der Waals surface area (Å²) < 4.78 is 4.70. The van der Waals surface area contributed by atoms with Crippen molar-refractivity contribution >= 4 is 17.8 Å². The van der Waals surface area contributed by atoms with E-state index in [9.17, 15) is 19.5 Å². The van der Waals surface area contributed by atoms with E-state index in [1.807, 2.05) is 0 Å². The Balaban J connectivity index is 2.04. The van der Waals surface area contributed by atoms with Crippen LogP contribution in [0.5, 0.6) is 0 Å². The zero-order valence-electron chi connectivity index (χ0n) is 12.5. The highest BCUT2D eigenvalue weighted by Crippen LogP contribution is 2.41. The van der Waals surface area contributed by atoms with E-state index in [-0.39, 0.29) is 30.1 Å². The molecule has 0 aromatic heterocycles. The van der Waals surface area contributed by atoms with Gasteiger partial charge in [0.1, 0.15) is 0 Å². The van der Waals surface area contributed by atoms with Gasteiger partial charge in [-0.25, -0.2) is 0 Å². The normalized spacial score (nSPS) is 24.9. The third kappa shape index (κ3) is 3.74. The van der Waals surface area contributed by atoms with Gasteiger partial charge < -0.3 is 14.7 Å². The van der Waals surface area contributed by atoms with Gasteiger partial charge in [0.25, 0.3) is 0 Å². The second kappa shape index (κ2) is 6.45. The minimum absolute atomic E-state index is 0.0688. The molecule has 0 radical (unpaired) electrons. The molecule has 6 heteroatoms. The van der Waals surface area contributed by atoms with Crippen LogP contribution in [0.15, 0.2) is 0 Å². The molecular formula is C15H23NO5. The summed E-state index contributed by atoms with van der Waals surface area (Å²) in [4.78, 5) is 36.5. The summed E-state index contributed by atoms with van der Waals surface area (Å²) in [6.45, 7) is 0.804. The van der Waals surface area contributed by atoms with E-state index in [1.54, 1.807) is 4.90 Å². The Kier molecular flexibility index (Phi) is 4.85. The summed E-state index contributed by atoms with van der Waals surface area (Å²) in [7, 11) is 1.32. The van der Waals surface area contributed by atoms with E-state index < -0.39 is 11.9 Å². The summed E-state index contributed by atoms with van der Waals surface area (Å²) in [6, 6.07) is 0. The zero-order valence-corrected chi connectivity index (χ0v) is 12.5. The number of amides is 1. The Bertz CT molecular complexity index is 428. The molecule has 2 rings (SSSR count). The lowest BCUT2D eigenvalue weighted by Crippen LogP contribution is -2.41. The van der Waals surface area contributed by atoms with Crippen molar-refractivity contribution in [3.63, 3.8) is 0 Å². The molecule has 2 fully saturated rings. The molecular weight excluding hydrogens is 274 g/mol. The maximum atomic E-state index is 12.1. The number of nitrogens with zero attached hydrogens (tertiary/aromatic N) is 1. The first kappa shape index (κ1) is 15.8. The van der Waals surface area contributed by atoms with Gasteiger partial charge >= 0.3 is 11.9 Å². The van der Waals surface area contributed by atoms with Gasteiger partial charge in [0.05, 0.1) is 19.4 Å². The van der Waals surface area contributed by atoms with Crippen molar-refractivity contribution in [2.24, 2.45) is 11.3 Å². The molecule has 6 nitrogen and oxygen atoms in total. The topological polar surface area (TPSA) is 83.9 Å². The molecule has 118 valence electrons. The van der Waals surface area contributed by atoms with Gasteiger partial charge in [-0.05, 0) is 18.3 Å². The maximum Gasteiger partial charge on any atom is 0.310 e. The first-order valence-corrected chi connectivity index (χ1v) is 7.53. The highest BCUT2D eigenvalue weighted by molar-refractivity contribution is 5.86. The van der Waals surface area contributed by atoms with Gasteiger partial charge in [-0.1, -0.05) is 19.3 Å². The highest BCUT2D eigenvalue weighted by Gasteiger charge is 2.42. The molecule has 1 atom stereocenters. The van der Waals surface area contributed by atoms with Crippen LogP contribution < -0.4 is 0 Å². The van der Waals surface area contributed by atoms with Gasteiger partial charge in [0.15, 0.2) is 0 Å². The first-order chi connectivity index (χ1) is 9.96. The number of aliphatic carboxylic acids is 1. The zero-order chi connectivity index (χ0) is 15.5. The van der Waals surface area contributed by atoms with E-state index >= 15 is 0 Å². The van der Waals surface area contributed by atoms with Crippen LogP contribution in [0.25, 0.3) is 0 Å². The lowest BCUT2D eigenvalue weighted by molar-refractivity contribution is -0.145. The van der Waals surface area contributed by atoms with E-state index in [0.29, 0.717) is 13.1 Å². The number of rotatable bonds is 5. The summed E-state index contributed by atoms with van der Waals surface area (Å²) in [5, 5.41) is 9.17. The second-order valence-electron chi connectivity index (χ2n) is 6.33. The van der Waals surface area contributed by atoms with Crippen LogP contribution in [0.1, 0.15) is 44.9 Å². The Morgan fingerprint density at radius 2 is 2.00 bits per heavy atom. The number of carboxylic acid groups (broad SMARTS) is 1.